The first-order valence-electron chi connectivity index (χ1n) is 8.11. The van der Waals surface area contributed by atoms with Crippen LogP contribution in [-0.2, 0) is 16.1 Å². The molecule has 1 aromatic heterocycles. The number of carbonyl (C=O) groups is 1. The Labute approximate surface area is 153 Å². The molecular weight excluding hydrogens is 350 g/mol. The zero-order chi connectivity index (χ0) is 16.9. The van der Waals surface area contributed by atoms with E-state index in [9.17, 15) is 9.59 Å². The van der Waals surface area contributed by atoms with E-state index in [1.165, 1.54) is 11.3 Å². The Bertz CT molecular complexity index is 588. The van der Waals surface area contributed by atoms with Gasteiger partial charge in [-0.15, -0.1) is 12.4 Å². The second-order valence-electron chi connectivity index (χ2n) is 6.37. The Balaban J connectivity index is 0.00000288. The van der Waals surface area contributed by atoms with E-state index in [2.05, 4.69) is 10.6 Å². The Morgan fingerprint density at radius 1 is 1.38 bits per heavy atom. The molecule has 2 heterocycles. The highest BCUT2D eigenvalue weighted by Crippen LogP contribution is 2.28. The van der Waals surface area contributed by atoms with Crippen molar-refractivity contribution in [1.82, 2.24) is 15.2 Å². The summed E-state index contributed by atoms with van der Waals surface area (Å²) < 4.78 is 7.05. The van der Waals surface area contributed by atoms with E-state index in [0.717, 1.165) is 36.5 Å². The number of carbonyl (C=O) groups excluding carboxylic acids is 1. The molecule has 0 unspecified atom stereocenters. The van der Waals surface area contributed by atoms with E-state index in [1.807, 2.05) is 13.8 Å². The molecule has 0 atom stereocenters. The lowest BCUT2D eigenvalue weighted by molar-refractivity contribution is -0.122. The van der Waals surface area contributed by atoms with Crippen LogP contribution in [0.4, 0.5) is 0 Å². The van der Waals surface area contributed by atoms with Crippen LogP contribution >= 0.6 is 23.7 Å². The zero-order valence-corrected chi connectivity index (χ0v) is 16.3. The first kappa shape index (κ1) is 21.2. The first-order valence-corrected chi connectivity index (χ1v) is 8.92. The number of thiazole rings is 1. The van der Waals surface area contributed by atoms with Gasteiger partial charge in [0, 0.05) is 42.6 Å². The molecule has 1 fully saturated rings. The van der Waals surface area contributed by atoms with Gasteiger partial charge in [0.15, 0.2) is 0 Å². The van der Waals surface area contributed by atoms with Gasteiger partial charge in [-0.25, -0.2) is 0 Å². The summed E-state index contributed by atoms with van der Waals surface area (Å²) in [4.78, 5) is 25.0. The van der Waals surface area contributed by atoms with Crippen LogP contribution in [0.25, 0.3) is 0 Å². The Morgan fingerprint density at radius 2 is 2.04 bits per heavy atom. The highest BCUT2D eigenvalue weighted by atomic mass is 35.5. The standard InChI is InChI=1S/C16H27N3O3S.ClH/c1-12-13(2)23-15(21)19(12)9-4-14(20)18-10-16(11-22-3)5-7-17-8-6-16;/h17H,4-11H2,1-3H3,(H,18,20);1H. The highest BCUT2D eigenvalue weighted by Gasteiger charge is 2.32. The van der Waals surface area contributed by atoms with E-state index >= 15 is 0 Å². The summed E-state index contributed by atoms with van der Waals surface area (Å²) in [6.45, 7) is 7.52. The highest BCUT2D eigenvalue weighted by molar-refractivity contribution is 7.09. The predicted molar refractivity (Wildman–Crippen MR) is 99.3 cm³/mol. The number of nitrogens with zero attached hydrogens (tertiary/aromatic N) is 1. The van der Waals surface area contributed by atoms with Crippen LogP contribution in [0, 0.1) is 19.3 Å². The zero-order valence-electron chi connectivity index (χ0n) is 14.6. The van der Waals surface area contributed by atoms with Crippen molar-refractivity contribution in [2.45, 2.75) is 39.7 Å². The van der Waals surface area contributed by atoms with Crippen molar-refractivity contribution in [3.63, 3.8) is 0 Å². The predicted octanol–water partition coefficient (Wildman–Crippen LogP) is 1.47. The topological polar surface area (TPSA) is 72.4 Å². The van der Waals surface area contributed by atoms with Gasteiger partial charge in [-0.05, 0) is 39.8 Å². The molecule has 0 aromatic carbocycles. The summed E-state index contributed by atoms with van der Waals surface area (Å²) in [7, 11) is 1.71. The molecule has 138 valence electrons. The summed E-state index contributed by atoms with van der Waals surface area (Å²) in [5, 5.41) is 6.38. The van der Waals surface area contributed by atoms with Gasteiger partial charge in [-0.1, -0.05) is 11.3 Å². The van der Waals surface area contributed by atoms with Gasteiger partial charge in [0.05, 0.1) is 6.61 Å². The fourth-order valence-corrected chi connectivity index (χ4v) is 3.93. The number of piperidine rings is 1. The number of ether oxygens (including phenoxy) is 1. The second-order valence-corrected chi connectivity index (χ2v) is 7.54. The third-order valence-corrected chi connectivity index (χ3v) is 5.71. The maximum atomic E-state index is 12.2. The lowest BCUT2D eigenvalue weighted by Crippen LogP contribution is -2.47. The van der Waals surface area contributed by atoms with E-state index in [1.54, 1.807) is 11.7 Å². The minimum Gasteiger partial charge on any atom is -0.384 e. The largest absolute Gasteiger partial charge is 0.384 e. The first-order chi connectivity index (χ1) is 11.0. The van der Waals surface area contributed by atoms with Gasteiger partial charge in [0.1, 0.15) is 0 Å². The molecule has 1 saturated heterocycles. The molecule has 0 aliphatic carbocycles. The summed E-state index contributed by atoms with van der Waals surface area (Å²) >= 11 is 1.24. The number of aryl methyl sites for hydroxylation is 1. The smallest absolute Gasteiger partial charge is 0.307 e. The SMILES string of the molecule is COCC1(CNC(=O)CCn2c(C)c(C)sc2=O)CCNCC1.Cl. The lowest BCUT2D eigenvalue weighted by atomic mass is 9.79. The molecule has 0 bridgehead atoms. The number of hydrogen-bond acceptors (Lipinski definition) is 5. The Morgan fingerprint density at radius 3 is 2.58 bits per heavy atom. The van der Waals surface area contributed by atoms with Gasteiger partial charge in [-0.2, -0.15) is 0 Å². The van der Waals surface area contributed by atoms with Crippen LogP contribution in [0.1, 0.15) is 29.8 Å². The van der Waals surface area contributed by atoms with Gasteiger partial charge < -0.3 is 19.9 Å². The minimum atomic E-state index is -0.00540. The summed E-state index contributed by atoms with van der Waals surface area (Å²) in [6.07, 6.45) is 2.34. The number of halogens is 1. The fourth-order valence-electron chi connectivity index (χ4n) is 3.07. The van der Waals surface area contributed by atoms with Crippen LogP contribution in [0.5, 0.6) is 0 Å². The molecule has 1 aromatic rings. The summed E-state index contributed by atoms with van der Waals surface area (Å²) in [5.41, 5.74) is 0.989. The third kappa shape index (κ3) is 5.31. The summed E-state index contributed by atoms with van der Waals surface area (Å²) in [5.74, 6) is -0.00540. The maximum absolute atomic E-state index is 12.2. The molecule has 2 rings (SSSR count). The lowest BCUT2D eigenvalue weighted by Gasteiger charge is -2.37. The number of rotatable bonds is 7. The average Bonchev–Trinajstić information content (AvgIpc) is 2.77. The van der Waals surface area contributed by atoms with Gasteiger partial charge in [-0.3, -0.25) is 9.59 Å². The minimum absolute atomic E-state index is 0. The molecule has 1 aliphatic heterocycles. The fraction of sp³-hybridized carbons (Fsp3) is 0.750. The molecule has 1 aliphatic rings. The quantitative estimate of drug-likeness (QED) is 0.754. The second kappa shape index (κ2) is 9.56. The monoisotopic (exact) mass is 377 g/mol. The van der Waals surface area contributed by atoms with Gasteiger partial charge >= 0.3 is 4.87 Å². The molecule has 24 heavy (non-hydrogen) atoms. The molecule has 8 heteroatoms. The number of hydrogen-bond donors (Lipinski definition) is 2. The molecule has 1 amide bonds. The van der Waals surface area contributed by atoms with Gasteiger partial charge in [0.2, 0.25) is 5.91 Å². The number of amides is 1. The summed E-state index contributed by atoms with van der Waals surface area (Å²) in [6, 6.07) is 0. The van der Waals surface area contributed by atoms with Crippen LogP contribution in [0.3, 0.4) is 0 Å². The van der Waals surface area contributed by atoms with Crippen molar-refractivity contribution in [2.24, 2.45) is 5.41 Å². The van der Waals surface area contributed by atoms with Crippen molar-refractivity contribution in [3.8, 4) is 0 Å². The van der Waals surface area contributed by atoms with Crippen molar-refractivity contribution in [1.29, 1.82) is 0 Å². The van der Waals surface area contributed by atoms with Crippen LogP contribution in [0.15, 0.2) is 4.79 Å². The van der Waals surface area contributed by atoms with Crippen LogP contribution < -0.4 is 15.5 Å². The molecule has 0 spiro atoms. The van der Waals surface area contributed by atoms with Gasteiger partial charge in [0.25, 0.3) is 0 Å². The van der Waals surface area contributed by atoms with Crippen molar-refractivity contribution in [2.75, 3.05) is 33.4 Å². The molecule has 0 radical (unpaired) electrons. The Kier molecular flexibility index (Phi) is 8.42. The van der Waals surface area contributed by atoms with E-state index in [-0.39, 0.29) is 28.6 Å². The number of methoxy groups -OCH3 is 1. The van der Waals surface area contributed by atoms with Crippen molar-refractivity contribution >= 4 is 29.7 Å². The van der Waals surface area contributed by atoms with E-state index in [0.29, 0.717) is 26.1 Å². The number of nitrogens with one attached hydrogen (secondary N) is 2. The average molecular weight is 378 g/mol. The third-order valence-electron chi connectivity index (χ3n) is 4.71. The number of aromatic nitrogens is 1. The molecular formula is C16H28ClN3O3S. The molecule has 6 nitrogen and oxygen atoms in total. The normalized spacial score (nSPS) is 16.5. The Hall–Kier alpha value is -0.890. The van der Waals surface area contributed by atoms with E-state index in [4.69, 9.17) is 4.74 Å². The molecule has 2 N–H and O–H groups in total. The maximum Gasteiger partial charge on any atom is 0.307 e. The van der Waals surface area contributed by atoms with Crippen LogP contribution in [0.2, 0.25) is 0 Å². The van der Waals surface area contributed by atoms with E-state index < -0.39 is 0 Å². The molecule has 0 saturated carbocycles. The van der Waals surface area contributed by atoms with Crippen molar-refractivity contribution < 1.29 is 9.53 Å². The van der Waals surface area contributed by atoms with Crippen molar-refractivity contribution in [3.05, 3.63) is 20.2 Å². The van der Waals surface area contributed by atoms with Crippen LogP contribution in [-0.4, -0.2) is 43.8 Å².